The van der Waals surface area contributed by atoms with Gasteiger partial charge in [-0.25, -0.2) is 0 Å². The van der Waals surface area contributed by atoms with E-state index in [1.807, 2.05) is 18.2 Å². The van der Waals surface area contributed by atoms with Crippen molar-refractivity contribution in [2.24, 2.45) is 0 Å². The highest BCUT2D eigenvalue weighted by Gasteiger charge is 2.33. The van der Waals surface area contributed by atoms with Crippen LogP contribution in [0.25, 0.3) is 31.8 Å². The molecule has 0 atom stereocenters. The number of thiocarbonyl (C=S) groups is 1. The number of thiophene rings is 1. The summed E-state index contributed by atoms with van der Waals surface area (Å²) in [7, 11) is 0. The van der Waals surface area contributed by atoms with Gasteiger partial charge in [0.15, 0.2) is 0 Å². The van der Waals surface area contributed by atoms with Crippen molar-refractivity contribution in [3.63, 3.8) is 0 Å². The van der Waals surface area contributed by atoms with Crippen molar-refractivity contribution in [2.45, 2.75) is 6.92 Å². The Labute approximate surface area is 286 Å². The van der Waals surface area contributed by atoms with E-state index in [0.717, 1.165) is 70.5 Å². The average molecular weight is 669 g/mol. The zero-order chi connectivity index (χ0) is 32.5. The number of hydrogen-bond donors (Lipinski definition) is 1. The van der Waals surface area contributed by atoms with Crippen molar-refractivity contribution in [3.8, 4) is 0 Å². The Morgan fingerprint density at radius 2 is 1.40 bits per heavy atom. The largest absolute Gasteiger partial charge is 0.480 e. The van der Waals surface area contributed by atoms with Crippen LogP contribution < -0.4 is 4.90 Å². The minimum Gasteiger partial charge on any atom is -0.480 e. The standard InChI is InChI=1S/C39H28N2O3S3/c1-25-12-15-29(16-13-25)40(23-33(27-8-4-2-5-9-27)28-10-6-3-7-11-28)30-17-19-32-31-18-14-26(20-34(31)46-35(32)22-30)21-36-38(44)41(24-37(42)43)39(45)47-36/h2-23H,24H2,1H3,(H,42,43)/b36-21-. The number of carboxylic acid groups (broad SMARTS) is 1. The molecule has 1 aliphatic rings. The first-order valence-corrected chi connectivity index (χ1v) is 17.0. The van der Waals surface area contributed by atoms with E-state index in [0.29, 0.717) is 4.91 Å². The number of benzene rings is 5. The van der Waals surface area contributed by atoms with Crippen molar-refractivity contribution >= 4 is 94.7 Å². The maximum absolute atomic E-state index is 12.8. The molecule has 1 amide bonds. The van der Waals surface area contributed by atoms with Crippen molar-refractivity contribution < 1.29 is 14.7 Å². The summed E-state index contributed by atoms with van der Waals surface area (Å²) >= 11 is 8.10. The van der Waals surface area contributed by atoms with Gasteiger partial charge in [0.25, 0.3) is 5.91 Å². The molecule has 1 fully saturated rings. The lowest BCUT2D eigenvalue weighted by Crippen LogP contribution is -2.33. The molecule has 5 aromatic carbocycles. The Morgan fingerprint density at radius 1 is 0.809 bits per heavy atom. The van der Waals surface area contributed by atoms with Gasteiger partial charge in [0, 0.05) is 43.3 Å². The number of carbonyl (C=O) groups is 2. The number of thioether (sulfide) groups is 1. The lowest BCUT2D eigenvalue weighted by atomic mass is 9.98. The lowest BCUT2D eigenvalue weighted by Gasteiger charge is -2.24. The normalized spacial score (nSPS) is 13.9. The molecular formula is C39H28N2O3S3. The summed E-state index contributed by atoms with van der Waals surface area (Å²) in [5.41, 5.74) is 7.53. The van der Waals surface area contributed by atoms with Crippen LogP contribution >= 0.6 is 35.3 Å². The van der Waals surface area contributed by atoms with Crippen LogP contribution in [0.4, 0.5) is 11.4 Å². The van der Waals surface area contributed by atoms with Gasteiger partial charge in [-0.05, 0) is 60.0 Å². The molecule has 230 valence electrons. The molecule has 1 saturated heterocycles. The van der Waals surface area contributed by atoms with Gasteiger partial charge in [0.1, 0.15) is 10.9 Å². The molecule has 1 N–H and O–H groups in total. The molecule has 1 aliphatic heterocycles. The molecule has 2 heterocycles. The highest BCUT2D eigenvalue weighted by molar-refractivity contribution is 8.26. The van der Waals surface area contributed by atoms with Crippen LogP contribution in [0.5, 0.6) is 0 Å². The van der Waals surface area contributed by atoms with Crippen molar-refractivity contribution in [1.82, 2.24) is 4.90 Å². The van der Waals surface area contributed by atoms with Gasteiger partial charge >= 0.3 is 5.97 Å². The minimum atomic E-state index is -1.10. The molecular weight excluding hydrogens is 641 g/mol. The molecule has 0 unspecified atom stereocenters. The number of anilines is 2. The number of aliphatic carboxylic acids is 1. The van der Waals surface area contributed by atoms with E-state index >= 15 is 0 Å². The second kappa shape index (κ2) is 13.0. The topological polar surface area (TPSA) is 60.9 Å². The van der Waals surface area contributed by atoms with Crippen LogP contribution in [0.3, 0.4) is 0 Å². The number of hydrogen-bond acceptors (Lipinski definition) is 6. The van der Waals surface area contributed by atoms with Crippen LogP contribution in [-0.4, -0.2) is 32.7 Å². The average Bonchev–Trinajstić information content (AvgIpc) is 3.57. The zero-order valence-corrected chi connectivity index (χ0v) is 27.7. The van der Waals surface area contributed by atoms with Crippen LogP contribution in [0, 0.1) is 6.92 Å². The van der Waals surface area contributed by atoms with E-state index in [1.165, 1.54) is 5.56 Å². The Kier molecular flexibility index (Phi) is 8.47. The smallest absolute Gasteiger partial charge is 0.323 e. The first-order chi connectivity index (χ1) is 22.8. The highest BCUT2D eigenvalue weighted by atomic mass is 32.2. The summed E-state index contributed by atoms with van der Waals surface area (Å²) in [4.78, 5) is 27.8. The maximum atomic E-state index is 12.8. The quantitative estimate of drug-likeness (QED) is 0.129. The van der Waals surface area contributed by atoms with Crippen LogP contribution in [0.2, 0.25) is 0 Å². The molecule has 0 saturated carbocycles. The third-order valence-corrected chi connectivity index (χ3v) is 10.5. The van der Waals surface area contributed by atoms with Gasteiger partial charge in [0.05, 0.1) is 4.91 Å². The lowest BCUT2D eigenvalue weighted by molar-refractivity contribution is -0.140. The van der Waals surface area contributed by atoms with E-state index < -0.39 is 12.5 Å². The number of rotatable bonds is 8. The third-order valence-electron chi connectivity index (χ3n) is 7.96. The summed E-state index contributed by atoms with van der Waals surface area (Å²) in [6.45, 7) is 1.66. The van der Waals surface area contributed by atoms with Crippen molar-refractivity contribution in [3.05, 3.63) is 155 Å². The van der Waals surface area contributed by atoms with Gasteiger partial charge < -0.3 is 10.0 Å². The first kappa shape index (κ1) is 30.6. The minimum absolute atomic E-state index is 0.258. The van der Waals surface area contributed by atoms with Crippen LogP contribution in [-0.2, 0) is 9.59 Å². The van der Waals surface area contributed by atoms with Gasteiger partial charge in [0.2, 0.25) is 0 Å². The number of carbonyl (C=O) groups excluding carboxylic acids is 1. The van der Waals surface area contributed by atoms with Gasteiger partial charge in [-0.1, -0.05) is 121 Å². The highest BCUT2D eigenvalue weighted by Crippen LogP contribution is 2.40. The summed E-state index contributed by atoms with van der Waals surface area (Å²) in [5.74, 6) is -1.47. The Bertz CT molecular complexity index is 2180. The first-order valence-electron chi connectivity index (χ1n) is 15.0. The van der Waals surface area contributed by atoms with Gasteiger partial charge in [-0.15, -0.1) is 11.3 Å². The fourth-order valence-electron chi connectivity index (χ4n) is 5.63. The van der Waals surface area contributed by atoms with Crippen molar-refractivity contribution in [2.75, 3.05) is 11.4 Å². The zero-order valence-electron chi connectivity index (χ0n) is 25.3. The monoisotopic (exact) mass is 668 g/mol. The van der Waals surface area contributed by atoms with E-state index in [2.05, 4.69) is 121 Å². The maximum Gasteiger partial charge on any atom is 0.323 e. The predicted molar refractivity (Wildman–Crippen MR) is 200 cm³/mol. The van der Waals surface area contributed by atoms with Crippen LogP contribution in [0.1, 0.15) is 22.3 Å². The van der Waals surface area contributed by atoms with Crippen LogP contribution in [0.15, 0.2) is 132 Å². The number of fused-ring (bicyclic) bond motifs is 3. The second-order valence-electron chi connectivity index (χ2n) is 11.2. The molecule has 47 heavy (non-hydrogen) atoms. The number of carboxylic acids is 1. The van der Waals surface area contributed by atoms with E-state index in [4.69, 9.17) is 17.3 Å². The molecule has 0 radical (unpaired) electrons. The van der Waals surface area contributed by atoms with Gasteiger partial charge in [-0.3, -0.25) is 14.5 Å². The predicted octanol–water partition coefficient (Wildman–Crippen LogP) is 9.88. The Hall–Kier alpha value is -5.02. The SMILES string of the molecule is Cc1ccc(N(C=C(c2ccccc2)c2ccccc2)c2ccc3c(c2)sc2cc(/C=C4\SC(=S)N(CC(=O)O)C4=O)ccc23)cc1. The third kappa shape index (κ3) is 6.36. The van der Waals surface area contributed by atoms with E-state index in [-0.39, 0.29) is 10.2 Å². The molecule has 0 bridgehead atoms. The van der Waals surface area contributed by atoms with E-state index in [9.17, 15) is 9.59 Å². The summed E-state index contributed by atoms with van der Waals surface area (Å²) in [6.07, 6.45) is 4.01. The van der Waals surface area contributed by atoms with Gasteiger partial charge in [-0.2, -0.15) is 0 Å². The fourth-order valence-corrected chi connectivity index (χ4v) is 8.07. The number of aryl methyl sites for hydroxylation is 1. The summed E-state index contributed by atoms with van der Waals surface area (Å²) in [6, 6.07) is 42.2. The Balaban J connectivity index is 1.31. The summed E-state index contributed by atoms with van der Waals surface area (Å²) in [5, 5.41) is 11.5. The number of nitrogens with zero attached hydrogens (tertiary/aromatic N) is 2. The molecule has 1 aromatic heterocycles. The fraction of sp³-hybridized carbons (Fsp3) is 0.0513. The second-order valence-corrected chi connectivity index (χ2v) is 13.9. The molecule has 6 aromatic rings. The molecule has 5 nitrogen and oxygen atoms in total. The molecule has 0 aliphatic carbocycles. The summed E-state index contributed by atoms with van der Waals surface area (Å²) < 4.78 is 2.50. The Morgan fingerprint density at radius 3 is 2.04 bits per heavy atom. The van der Waals surface area contributed by atoms with Crippen molar-refractivity contribution in [1.29, 1.82) is 0 Å². The molecule has 7 rings (SSSR count). The number of amides is 1. The molecule has 8 heteroatoms. The molecule has 0 spiro atoms. The van der Waals surface area contributed by atoms with E-state index in [1.54, 1.807) is 17.4 Å².